The molecule has 7 nitrogen and oxygen atoms in total. The third-order valence-electron chi connectivity index (χ3n) is 4.61. The maximum Gasteiger partial charge on any atom is 0.266 e. The minimum atomic E-state index is -0.531. The van der Waals surface area contributed by atoms with E-state index in [1.54, 1.807) is 4.68 Å². The van der Waals surface area contributed by atoms with Crippen LogP contribution in [-0.4, -0.2) is 32.0 Å². The molecule has 0 fully saturated rings. The number of rotatable bonds is 2. The Morgan fingerprint density at radius 1 is 1.33 bits per heavy atom. The highest BCUT2D eigenvalue weighted by Gasteiger charge is 2.30. The third kappa shape index (κ3) is 2.16. The van der Waals surface area contributed by atoms with Crippen molar-refractivity contribution in [1.82, 2.24) is 20.0 Å². The van der Waals surface area contributed by atoms with E-state index in [-0.39, 0.29) is 5.91 Å². The molecule has 1 aliphatic heterocycles. The first-order chi connectivity index (χ1) is 11.4. The summed E-state index contributed by atoms with van der Waals surface area (Å²) >= 11 is 0. The van der Waals surface area contributed by atoms with Crippen LogP contribution in [0.15, 0.2) is 12.1 Å². The van der Waals surface area contributed by atoms with Gasteiger partial charge in [0, 0.05) is 13.5 Å². The van der Waals surface area contributed by atoms with Gasteiger partial charge in [-0.1, -0.05) is 6.07 Å². The van der Waals surface area contributed by atoms with E-state index in [0.29, 0.717) is 17.9 Å². The Hall–Kier alpha value is -2.83. The predicted molar refractivity (Wildman–Crippen MR) is 90.3 cm³/mol. The van der Waals surface area contributed by atoms with Crippen LogP contribution in [0.5, 0.6) is 5.75 Å². The minimum absolute atomic E-state index is 0.185. The Balaban J connectivity index is 1.57. The van der Waals surface area contributed by atoms with Gasteiger partial charge in [-0.25, -0.2) is 4.68 Å². The highest BCUT2D eigenvalue weighted by molar-refractivity contribution is 6.02. The van der Waals surface area contributed by atoms with Gasteiger partial charge in [-0.15, -0.1) is 0 Å². The van der Waals surface area contributed by atoms with Crippen molar-refractivity contribution in [3.63, 3.8) is 0 Å². The average molecular weight is 325 g/mol. The van der Waals surface area contributed by atoms with E-state index in [9.17, 15) is 4.79 Å². The molecule has 0 bridgehead atoms. The van der Waals surface area contributed by atoms with Crippen LogP contribution in [0.1, 0.15) is 22.4 Å². The Labute approximate surface area is 139 Å². The molecule has 124 valence electrons. The molecule has 0 unspecified atom stereocenters. The summed E-state index contributed by atoms with van der Waals surface area (Å²) in [5.74, 6) is 1.17. The van der Waals surface area contributed by atoms with Crippen LogP contribution in [0, 0.1) is 20.8 Å². The van der Waals surface area contributed by atoms with Crippen molar-refractivity contribution in [3.8, 4) is 5.75 Å². The number of fused-ring (bicyclic) bond motifs is 2. The topological polar surface area (TPSA) is 84.8 Å². The van der Waals surface area contributed by atoms with Crippen molar-refractivity contribution in [1.29, 1.82) is 0 Å². The fourth-order valence-corrected chi connectivity index (χ4v) is 3.19. The number of hydrogen-bond acceptors (Lipinski definition) is 4. The lowest BCUT2D eigenvalue weighted by molar-refractivity contribution is -0.122. The highest BCUT2D eigenvalue weighted by Crippen LogP contribution is 2.32. The maximum absolute atomic E-state index is 12.6. The van der Waals surface area contributed by atoms with Gasteiger partial charge >= 0.3 is 0 Å². The van der Waals surface area contributed by atoms with Crippen LogP contribution in [0.4, 0.5) is 5.82 Å². The summed E-state index contributed by atoms with van der Waals surface area (Å²) in [7, 11) is 1.82. The fraction of sp³-hybridized carbons (Fsp3) is 0.353. The molecule has 4 rings (SSSR count). The molecular formula is C17H19N5O2. The van der Waals surface area contributed by atoms with Crippen molar-refractivity contribution in [2.45, 2.75) is 33.3 Å². The number of H-pyrrole nitrogens is 1. The second kappa shape index (κ2) is 5.09. The number of hydrogen-bond donors (Lipinski definition) is 2. The number of aromatic amines is 1. The van der Waals surface area contributed by atoms with Crippen molar-refractivity contribution < 1.29 is 9.53 Å². The summed E-state index contributed by atoms with van der Waals surface area (Å²) in [6.45, 7) is 6.00. The molecule has 0 radical (unpaired) electrons. The lowest BCUT2D eigenvalue weighted by atomic mass is 10.0. The van der Waals surface area contributed by atoms with Gasteiger partial charge in [0.05, 0.1) is 11.1 Å². The first kappa shape index (κ1) is 14.7. The number of aryl methyl sites for hydroxylation is 4. The minimum Gasteiger partial charge on any atom is -0.480 e. The fourth-order valence-electron chi connectivity index (χ4n) is 3.19. The summed E-state index contributed by atoms with van der Waals surface area (Å²) in [6.07, 6.45) is 0.0440. The summed E-state index contributed by atoms with van der Waals surface area (Å²) in [5.41, 5.74) is 4.98. The first-order valence-corrected chi connectivity index (χ1v) is 7.89. The second-order valence-electron chi connectivity index (χ2n) is 6.35. The Kier molecular flexibility index (Phi) is 3.13. The monoisotopic (exact) mass is 325 g/mol. The number of carbonyl (C=O) groups is 1. The molecule has 24 heavy (non-hydrogen) atoms. The van der Waals surface area contributed by atoms with Crippen molar-refractivity contribution >= 4 is 22.8 Å². The number of aromatic nitrogens is 4. The molecule has 1 aromatic carbocycles. The van der Waals surface area contributed by atoms with E-state index in [1.165, 1.54) is 5.56 Å². The molecule has 0 aliphatic carbocycles. The van der Waals surface area contributed by atoms with E-state index in [4.69, 9.17) is 4.74 Å². The Bertz CT molecular complexity index is 938. The molecule has 1 amide bonds. The number of benzene rings is 1. The van der Waals surface area contributed by atoms with Gasteiger partial charge in [0.15, 0.2) is 11.8 Å². The average Bonchev–Trinajstić information content (AvgIpc) is 3.18. The molecule has 0 saturated carbocycles. The molecule has 1 atom stereocenters. The summed E-state index contributed by atoms with van der Waals surface area (Å²) in [5, 5.41) is 15.1. The van der Waals surface area contributed by atoms with E-state index in [0.717, 1.165) is 28.0 Å². The van der Waals surface area contributed by atoms with Gasteiger partial charge in [-0.2, -0.15) is 10.2 Å². The van der Waals surface area contributed by atoms with Crippen LogP contribution >= 0.6 is 0 Å². The molecule has 3 aromatic rings. The van der Waals surface area contributed by atoms with Crippen LogP contribution < -0.4 is 10.1 Å². The highest BCUT2D eigenvalue weighted by atomic mass is 16.5. The van der Waals surface area contributed by atoms with Crippen LogP contribution in [0.25, 0.3) is 11.0 Å². The smallest absolute Gasteiger partial charge is 0.266 e. The van der Waals surface area contributed by atoms with Gasteiger partial charge in [0.1, 0.15) is 11.6 Å². The molecule has 3 heterocycles. The number of nitrogens with zero attached hydrogens (tertiary/aromatic N) is 3. The molecule has 7 heteroatoms. The van der Waals surface area contributed by atoms with Gasteiger partial charge in [-0.05, 0) is 43.5 Å². The summed E-state index contributed by atoms with van der Waals surface area (Å²) < 4.78 is 7.52. The van der Waals surface area contributed by atoms with E-state index in [1.807, 2.05) is 27.0 Å². The van der Waals surface area contributed by atoms with Crippen LogP contribution in [-0.2, 0) is 18.3 Å². The van der Waals surface area contributed by atoms with Crippen molar-refractivity contribution in [3.05, 3.63) is 34.5 Å². The van der Waals surface area contributed by atoms with Crippen LogP contribution in [0.3, 0.4) is 0 Å². The number of amides is 1. The normalized spacial score (nSPS) is 16.2. The van der Waals surface area contributed by atoms with Gasteiger partial charge < -0.3 is 10.1 Å². The zero-order valence-corrected chi connectivity index (χ0v) is 14.1. The lowest BCUT2D eigenvalue weighted by Gasteiger charge is -2.10. The van der Waals surface area contributed by atoms with Gasteiger partial charge in [0.25, 0.3) is 5.91 Å². The zero-order valence-electron chi connectivity index (χ0n) is 14.1. The number of carbonyl (C=O) groups excluding carboxylic acids is 1. The van der Waals surface area contributed by atoms with E-state index in [2.05, 4.69) is 33.6 Å². The third-order valence-corrected chi connectivity index (χ3v) is 4.61. The maximum atomic E-state index is 12.6. The standard InChI is InChI=1S/C17H19N5O2/c1-8-5-11-7-13(24-12(11)6-9(8)2)17(23)18-15-14-10(3)21-22(4)16(14)20-19-15/h5-6,13H,7H2,1-4H3,(H2,18,19,20,23)/t13-/m0/s1. The largest absolute Gasteiger partial charge is 0.480 e. The molecule has 1 aliphatic rings. The molecule has 2 aromatic heterocycles. The number of anilines is 1. The predicted octanol–water partition coefficient (Wildman–Crippen LogP) is 2.16. The van der Waals surface area contributed by atoms with Crippen LogP contribution in [0.2, 0.25) is 0 Å². The number of ether oxygens (including phenoxy) is 1. The van der Waals surface area contributed by atoms with Crippen molar-refractivity contribution in [2.24, 2.45) is 7.05 Å². The molecule has 2 N–H and O–H groups in total. The van der Waals surface area contributed by atoms with E-state index < -0.39 is 6.10 Å². The summed E-state index contributed by atoms with van der Waals surface area (Å²) in [6, 6.07) is 4.09. The van der Waals surface area contributed by atoms with Gasteiger partial charge in [-0.3, -0.25) is 9.89 Å². The number of nitrogens with one attached hydrogen (secondary N) is 2. The molecular weight excluding hydrogens is 306 g/mol. The zero-order chi connectivity index (χ0) is 17.0. The summed E-state index contributed by atoms with van der Waals surface area (Å²) in [4.78, 5) is 12.6. The lowest BCUT2D eigenvalue weighted by Crippen LogP contribution is -2.31. The quantitative estimate of drug-likeness (QED) is 0.756. The second-order valence-corrected chi connectivity index (χ2v) is 6.35. The van der Waals surface area contributed by atoms with E-state index >= 15 is 0 Å². The first-order valence-electron chi connectivity index (χ1n) is 7.89. The Morgan fingerprint density at radius 2 is 2.08 bits per heavy atom. The molecule has 0 spiro atoms. The molecule has 0 saturated heterocycles. The Morgan fingerprint density at radius 3 is 2.88 bits per heavy atom. The van der Waals surface area contributed by atoms with Crippen molar-refractivity contribution in [2.75, 3.05) is 5.32 Å². The SMILES string of the molecule is Cc1cc2c(cc1C)O[C@H](C(=O)Nc1[nH]nc3c1c(C)nn3C)C2. The van der Waals surface area contributed by atoms with Gasteiger partial charge in [0.2, 0.25) is 0 Å².